The molecule has 7 nitrogen and oxygen atoms in total. The third-order valence-corrected chi connectivity index (χ3v) is 5.42. The van der Waals surface area contributed by atoms with Crippen LogP contribution in [-0.4, -0.2) is 52.7 Å². The van der Waals surface area contributed by atoms with Crippen LogP contribution in [0.4, 0.5) is 23.4 Å². The number of fused-ring (bicyclic) bond motifs is 1. The van der Waals surface area contributed by atoms with E-state index in [0.717, 1.165) is 63.3 Å². The van der Waals surface area contributed by atoms with E-state index in [1.54, 1.807) is 12.4 Å². The Balaban J connectivity index is 1.33. The van der Waals surface area contributed by atoms with Crippen molar-refractivity contribution in [1.82, 2.24) is 19.9 Å². The molecule has 1 saturated heterocycles. The van der Waals surface area contributed by atoms with E-state index < -0.39 is 0 Å². The zero-order chi connectivity index (χ0) is 18.8. The lowest BCUT2D eigenvalue weighted by molar-refractivity contribution is 0.633. The van der Waals surface area contributed by atoms with Gasteiger partial charge in [0.15, 0.2) is 0 Å². The topological polar surface area (TPSA) is 61.3 Å². The molecule has 4 heterocycles. The molecule has 7 heteroatoms. The molecule has 0 aliphatic carbocycles. The van der Waals surface area contributed by atoms with E-state index in [1.165, 1.54) is 11.3 Å². The Kier molecular flexibility index (Phi) is 4.48. The molecule has 3 aromatic rings. The molecule has 0 saturated carbocycles. The van der Waals surface area contributed by atoms with Gasteiger partial charge in [0.05, 0.1) is 0 Å². The van der Waals surface area contributed by atoms with E-state index >= 15 is 0 Å². The second-order valence-electron chi connectivity index (χ2n) is 7.12. The van der Waals surface area contributed by atoms with Gasteiger partial charge in [0, 0.05) is 57.0 Å². The van der Waals surface area contributed by atoms with Gasteiger partial charge < -0.3 is 14.7 Å². The van der Waals surface area contributed by atoms with Gasteiger partial charge >= 0.3 is 0 Å². The molecule has 1 fully saturated rings. The highest BCUT2D eigenvalue weighted by Crippen LogP contribution is 2.32. The van der Waals surface area contributed by atoms with Gasteiger partial charge in [0.1, 0.15) is 5.82 Å². The summed E-state index contributed by atoms with van der Waals surface area (Å²) in [6, 6.07) is 12.4. The van der Waals surface area contributed by atoms with E-state index in [9.17, 15) is 0 Å². The lowest BCUT2D eigenvalue weighted by Gasteiger charge is -2.36. The normalized spacial score (nSPS) is 16.8. The Bertz CT molecular complexity index is 938. The number of anilines is 4. The maximum atomic E-state index is 4.91. The first-order valence-electron chi connectivity index (χ1n) is 9.84. The third-order valence-electron chi connectivity index (χ3n) is 5.42. The summed E-state index contributed by atoms with van der Waals surface area (Å²) >= 11 is 0. The van der Waals surface area contributed by atoms with Crippen LogP contribution in [-0.2, 0) is 6.42 Å². The van der Waals surface area contributed by atoms with Crippen molar-refractivity contribution >= 4 is 23.4 Å². The maximum absolute atomic E-state index is 4.91. The molecule has 142 valence electrons. The minimum absolute atomic E-state index is 0.790. The summed E-state index contributed by atoms with van der Waals surface area (Å²) in [5.41, 5.74) is 2.61. The number of piperazine rings is 1. The zero-order valence-electron chi connectivity index (χ0n) is 15.8. The fraction of sp³-hybridized carbons (Fsp3) is 0.333. The second kappa shape index (κ2) is 7.42. The summed E-state index contributed by atoms with van der Waals surface area (Å²) < 4.78 is 0. The summed E-state index contributed by atoms with van der Waals surface area (Å²) in [5, 5.41) is 0. The van der Waals surface area contributed by atoms with Gasteiger partial charge in [0.2, 0.25) is 11.9 Å². The summed E-state index contributed by atoms with van der Waals surface area (Å²) in [7, 11) is 0. The van der Waals surface area contributed by atoms with E-state index in [0.29, 0.717) is 0 Å². The molecule has 0 N–H and O–H groups in total. The molecule has 0 atom stereocenters. The minimum Gasteiger partial charge on any atom is -0.353 e. The van der Waals surface area contributed by atoms with Gasteiger partial charge in [-0.2, -0.15) is 4.98 Å². The fourth-order valence-corrected chi connectivity index (χ4v) is 3.98. The second-order valence-corrected chi connectivity index (χ2v) is 7.12. The monoisotopic (exact) mass is 373 g/mol. The van der Waals surface area contributed by atoms with E-state index in [4.69, 9.17) is 4.98 Å². The standard InChI is InChI=1S/C21H23N7/c1-2-7-18-17(5-1)6-3-12-28(18)21-24-11-8-19(25-21)26-13-15-27(16-14-26)20-22-9-4-10-23-20/h1-2,4-5,7-11H,3,6,12-16H2. The zero-order valence-corrected chi connectivity index (χ0v) is 15.8. The number of hydrogen-bond donors (Lipinski definition) is 0. The summed E-state index contributed by atoms with van der Waals surface area (Å²) in [4.78, 5) is 25.0. The highest BCUT2D eigenvalue weighted by molar-refractivity contribution is 5.64. The maximum Gasteiger partial charge on any atom is 0.231 e. The molecule has 0 unspecified atom stereocenters. The quantitative estimate of drug-likeness (QED) is 0.699. The Hall–Kier alpha value is -3.22. The van der Waals surface area contributed by atoms with Gasteiger partial charge in [-0.15, -0.1) is 0 Å². The van der Waals surface area contributed by atoms with E-state index in [2.05, 4.69) is 53.9 Å². The van der Waals surface area contributed by atoms with Gasteiger partial charge in [-0.25, -0.2) is 15.0 Å². The van der Waals surface area contributed by atoms with Crippen LogP contribution in [0.25, 0.3) is 0 Å². The average Bonchev–Trinajstić information content (AvgIpc) is 2.79. The van der Waals surface area contributed by atoms with Crippen molar-refractivity contribution in [3.8, 4) is 0 Å². The van der Waals surface area contributed by atoms with Crippen LogP contribution in [0, 0.1) is 0 Å². The lowest BCUT2D eigenvalue weighted by Crippen LogP contribution is -2.47. The summed E-state index contributed by atoms with van der Waals surface area (Å²) in [6.07, 6.45) is 7.71. The van der Waals surface area contributed by atoms with Crippen molar-refractivity contribution in [3.63, 3.8) is 0 Å². The number of rotatable bonds is 3. The number of hydrogen-bond acceptors (Lipinski definition) is 7. The van der Waals surface area contributed by atoms with E-state index in [-0.39, 0.29) is 0 Å². The number of aromatic nitrogens is 4. The number of nitrogens with zero attached hydrogens (tertiary/aromatic N) is 7. The van der Waals surface area contributed by atoms with Gasteiger partial charge in [0.25, 0.3) is 0 Å². The fourth-order valence-electron chi connectivity index (χ4n) is 3.98. The summed E-state index contributed by atoms with van der Waals surface area (Å²) in [6.45, 7) is 4.52. The van der Waals surface area contributed by atoms with Crippen LogP contribution >= 0.6 is 0 Å². The predicted molar refractivity (Wildman–Crippen MR) is 110 cm³/mol. The minimum atomic E-state index is 0.790. The Labute approximate surface area is 164 Å². The molecule has 2 aliphatic heterocycles. The van der Waals surface area contributed by atoms with Crippen molar-refractivity contribution in [3.05, 3.63) is 60.6 Å². The van der Waals surface area contributed by atoms with Crippen LogP contribution in [0.2, 0.25) is 0 Å². The molecule has 0 spiro atoms. The molecular weight excluding hydrogens is 350 g/mol. The van der Waals surface area contributed by atoms with Crippen molar-refractivity contribution in [2.75, 3.05) is 47.4 Å². The number of para-hydroxylation sites is 1. The van der Waals surface area contributed by atoms with Crippen LogP contribution in [0.1, 0.15) is 12.0 Å². The van der Waals surface area contributed by atoms with Crippen molar-refractivity contribution in [2.24, 2.45) is 0 Å². The third kappa shape index (κ3) is 3.24. The van der Waals surface area contributed by atoms with Crippen molar-refractivity contribution in [1.29, 1.82) is 0 Å². The largest absolute Gasteiger partial charge is 0.353 e. The first-order chi connectivity index (χ1) is 13.9. The molecule has 0 bridgehead atoms. The van der Waals surface area contributed by atoms with Crippen LogP contribution in [0.15, 0.2) is 55.0 Å². The molecule has 2 aromatic heterocycles. The van der Waals surface area contributed by atoms with Crippen LogP contribution in [0.5, 0.6) is 0 Å². The molecule has 28 heavy (non-hydrogen) atoms. The van der Waals surface area contributed by atoms with Crippen LogP contribution < -0.4 is 14.7 Å². The molecular formula is C21H23N7. The number of benzene rings is 1. The van der Waals surface area contributed by atoms with Gasteiger partial charge in [-0.05, 0) is 36.6 Å². The average molecular weight is 373 g/mol. The highest BCUT2D eigenvalue weighted by atomic mass is 15.3. The first-order valence-corrected chi connectivity index (χ1v) is 9.84. The Morgan fingerprint density at radius 2 is 1.43 bits per heavy atom. The molecule has 1 aromatic carbocycles. The van der Waals surface area contributed by atoms with Crippen LogP contribution in [0.3, 0.4) is 0 Å². The molecule has 2 aliphatic rings. The smallest absolute Gasteiger partial charge is 0.231 e. The van der Waals surface area contributed by atoms with Crippen molar-refractivity contribution in [2.45, 2.75) is 12.8 Å². The Morgan fingerprint density at radius 1 is 0.679 bits per heavy atom. The predicted octanol–water partition coefficient (Wildman–Crippen LogP) is 2.68. The SMILES string of the molecule is c1cnc(N2CCN(c3ccnc(N4CCCc5ccccc54)n3)CC2)nc1. The van der Waals surface area contributed by atoms with E-state index in [1.807, 2.05) is 18.3 Å². The van der Waals surface area contributed by atoms with Gasteiger partial charge in [-0.3, -0.25) is 0 Å². The molecule has 0 amide bonds. The highest BCUT2D eigenvalue weighted by Gasteiger charge is 2.23. The Morgan fingerprint density at radius 3 is 2.29 bits per heavy atom. The summed E-state index contributed by atoms with van der Waals surface area (Å²) in [5.74, 6) is 2.58. The number of aryl methyl sites for hydroxylation is 1. The molecule has 5 rings (SSSR count). The van der Waals surface area contributed by atoms with Gasteiger partial charge in [-0.1, -0.05) is 18.2 Å². The van der Waals surface area contributed by atoms with Crippen molar-refractivity contribution < 1.29 is 0 Å². The molecule has 0 radical (unpaired) electrons. The lowest BCUT2D eigenvalue weighted by atomic mass is 10.0. The first kappa shape index (κ1) is 16.9.